The van der Waals surface area contributed by atoms with Gasteiger partial charge in [0.25, 0.3) is 0 Å². The molecule has 1 aliphatic rings. The van der Waals surface area contributed by atoms with Gasteiger partial charge < -0.3 is 14.8 Å². The summed E-state index contributed by atoms with van der Waals surface area (Å²) in [5.74, 6) is -0.603. The Bertz CT molecular complexity index is 561. The third-order valence-electron chi connectivity index (χ3n) is 3.39. The van der Waals surface area contributed by atoms with E-state index in [1.165, 1.54) is 0 Å². The number of benzene rings is 1. The summed E-state index contributed by atoms with van der Waals surface area (Å²) >= 11 is 0. The highest BCUT2D eigenvalue weighted by Gasteiger charge is 2.42. The molecule has 23 heavy (non-hydrogen) atoms. The topological polar surface area (TPSA) is 84.9 Å². The van der Waals surface area contributed by atoms with Gasteiger partial charge >= 0.3 is 18.1 Å². The van der Waals surface area contributed by atoms with Gasteiger partial charge in [-0.25, -0.2) is 19.3 Å². The first-order valence-corrected chi connectivity index (χ1v) is 7.58. The van der Waals surface area contributed by atoms with Crippen LogP contribution in [0.2, 0.25) is 0 Å². The maximum absolute atomic E-state index is 12.1. The minimum atomic E-state index is -0.984. The number of nitrogens with zero attached hydrogens (tertiary/aromatic N) is 1. The molecular weight excluding hydrogens is 300 g/mol. The molecule has 1 fully saturated rings. The summed E-state index contributed by atoms with van der Waals surface area (Å²) in [7, 11) is 0. The van der Waals surface area contributed by atoms with Crippen LogP contribution in [-0.2, 0) is 20.9 Å². The van der Waals surface area contributed by atoms with Gasteiger partial charge in [0.15, 0.2) is 6.04 Å². The Morgan fingerprint density at radius 3 is 2.70 bits per heavy atom. The van der Waals surface area contributed by atoms with Crippen LogP contribution in [0.4, 0.5) is 9.59 Å². The van der Waals surface area contributed by atoms with Gasteiger partial charge in [0.05, 0.1) is 13.2 Å². The van der Waals surface area contributed by atoms with E-state index in [2.05, 4.69) is 5.32 Å². The zero-order valence-electron chi connectivity index (χ0n) is 13.0. The molecule has 124 valence electrons. The quantitative estimate of drug-likeness (QED) is 0.640. The number of carbonyl (C=O) groups is 3. The SMILES string of the molecule is CCCCOC(=O)[C@@H]1CNC(=O)N1C(=O)OCc1ccccc1. The lowest BCUT2D eigenvalue weighted by atomic mass is 10.2. The van der Waals surface area contributed by atoms with Crippen molar-refractivity contribution in [1.82, 2.24) is 10.2 Å². The van der Waals surface area contributed by atoms with Crippen LogP contribution in [-0.4, -0.2) is 42.2 Å². The predicted octanol–water partition coefficient (Wildman–Crippen LogP) is 2.06. The Labute approximate surface area is 134 Å². The number of nitrogens with one attached hydrogen (secondary N) is 1. The first-order valence-electron chi connectivity index (χ1n) is 7.58. The summed E-state index contributed by atoms with van der Waals surface area (Å²) in [6.07, 6.45) is 0.761. The molecule has 3 amide bonds. The summed E-state index contributed by atoms with van der Waals surface area (Å²) < 4.78 is 10.2. The Hall–Kier alpha value is -2.57. The second-order valence-electron chi connectivity index (χ2n) is 5.13. The first kappa shape index (κ1) is 16.8. The molecule has 7 nitrogen and oxygen atoms in total. The third-order valence-corrected chi connectivity index (χ3v) is 3.39. The van der Waals surface area contributed by atoms with E-state index in [0.29, 0.717) is 0 Å². The lowest BCUT2D eigenvalue weighted by Gasteiger charge is -2.19. The largest absolute Gasteiger partial charge is 0.464 e. The van der Waals surface area contributed by atoms with Gasteiger partial charge in [0, 0.05) is 0 Å². The number of unbranched alkanes of at least 4 members (excludes halogenated alkanes) is 1. The van der Waals surface area contributed by atoms with Crippen LogP contribution >= 0.6 is 0 Å². The molecule has 0 bridgehead atoms. The van der Waals surface area contributed by atoms with E-state index in [9.17, 15) is 14.4 Å². The highest BCUT2D eigenvalue weighted by Crippen LogP contribution is 2.13. The molecule has 1 aromatic rings. The number of imide groups is 1. The van der Waals surface area contributed by atoms with Gasteiger partial charge in [0.1, 0.15) is 6.61 Å². The van der Waals surface area contributed by atoms with Crippen LogP contribution < -0.4 is 5.32 Å². The number of esters is 1. The highest BCUT2D eigenvalue weighted by atomic mass is 16.6. The molecule has 0 unspecified atom stereocenters. The number of rotatable bonds is 6. The molecule has 0 saturated carbocycles. The molecule has 0 aliphatic carbocycles. The highest BCUT2D eigenvalue weighted by molar-refractivity contribution is 5.98. The maximum Gasteiger partial charge on any atom is 0.419 e. The summed E-state index contributed by atoms with van der Waals surface area (Å²) in [6, 6.07) is 7.45. The normalized spacial score (nSPS) is 16.8. The van der Waals surface area contributed by atoms with E-state index in [1.807, 2.05) is 25.1 Å². The van der Waals surface area contributed by atoms with Crippen LogP contribution in [0.15, 0.2) is 30.3 Å². The second-order valence-corrected chi connectivity index (χ2v) is 5.13. The minimum absolute atomic E-state index is 0.0288. The van der Waals surface area contributed by atoms with Gasteiger partial charge in [-0.2, -0.15) is 0 Å². The third kappa shape index (κ3) is 4.45. The number of ether oxygens (including phenoxy) is 2. The van der Waals surface area contributed by atoms with E-state index in [4.69, 9.17) is 9.47 Å². The molecule has 7 heteroatoms. The second kappa shape index (κ2) is 8.17. The van der Waals surface area contributed by atoms with E-state index in [1.54, 1.807) is 12.1 Å². The molecule has 1 N–H and O–H groups in total. The van der Waals surface area contributed by atoms with Gasteiger partial charge in [-0.1, -0.05) is 43.7 Å². The maximum atomic E-state index is 12.1. The zero-order valence-corrected chi connectivity index (χ0v) is 13.0. The van der Waals surface area contributed by atoms with Crippen LogP contribution in [0.25, 0.3) is 0 Å². The average molecular weight is 320 g/mol. The summed E-state index contributed by atoms with van der Waals surface area (Å²) in [6.45, 7) is 2.31. The van der Waals surface area contributed by atoms with Crippen molar-refractivity contribution in [2.24, 2.45) is 0 Å². The molecule has 0 spiro atoms. The molecule has 0 aromatic heterocycles. The number of carbonyl (C=O) groups excluding carboxylic acids is 3. The minimum Gasteiger partial charge on any atom is -0.464 e. The van der Waals surface area contributed by atoms with Crippen molar-refractivity contribution in [3.8, 4) is 0 Å². The lowest BCUT2D eigenvalue weighted by molar-refractivity contribution is -0.147. The molecule has 2 rings (SSSR count). The van der Waals surface area contributed by atoms with E-state index >= 15 is 0 Å². The molecule has 1 heterocycles. The molecule has 1 atom stereocenters. The number of urea groups is 1. The van der Waals surface area contributed by atoms with Crippen LogP contribution in [0.1, 0.15) is 25.3 Å². The van der Waals surface area contributed by atoms with Crippen LogP contribution in [0.5, 0.6) is 0 Å². The molecule has 1 aromatic carbocycles. The first-order chi connectivity index (χ1) is 11.1. The van der Waals surface area contributed by atoms with Gasteiger partial charge in [0.2, 0.25) is 0 Å². The van der Waals surface area contributed by atoms with Crippen molar-refractivity contribution in [2.45, 2.75) is 32.4 Å². The van der Waals surface area contributed by atoms with Crippen molar-refractivity contribution in [3.63, 3.8) is 0 Å². The number of hydrogen-bond donors (Lipinski definition) is 1. The van der Waals surface area contributed by atoms with Gasteiger partial charge in [-0.3, -0.25) is 0 Å². The standard InChI is InChI=1S/C16H20N2O5/c1-2-3-9-22-14(19)13-10-17-15(20)18(13)16(21)23-11-12-7-5-4-6-8-12/h4-8,13H,2-3,9-11H2,1H3,(H,17,20)/t13-/m0/s1. The Morgan fingerprint density at radius 1 is 1.26 bits per heavy atom. The smallest absolute Gasteiger partial charge is 0.419 e. The molecular formula is C16H20N2O5. The fourth-order valence-electron chi connectivity index (χ4n) is 2.10. The Morgan fingerprint density at radius 2 is 2.00 bits per heavy atom. The molecule has 1 aliphatic heterocycles. The van der Waals surface area contributed by atoms with E-state index < -0.39 is 24.1 Å². The Balaban J connectivity index is 1.93. The fraction of sp³-hybridized carbons (Fsp3) is 0.438. The van der Waals surface area contributed by atoms with Crippen molar-refractivity contribution in [3.05, 3.63) is 35.9 Å². The predicted molar refractivity (Wildman–Crippen MR) is 81.5 cm³/mol. The van der Waals surface area contributed by atoms with Crippen LogP contribution in [0.3, 0.4) is 0 Å². The van der Waals surface area contributed by atoms with E-state index in [-0.39, 0.29) is 19.8 Å². The lowest BCUT2D eigenvalue weighted by Crippen LogP contribution is -2.44. The Kier molecular flexibility index (Phi) is 5.96. The number of amides is 3. The van der Waals surface area contributed by atoms with Crippen LogP contribution in [0, 0.1) is 0 Å². The zero-order chi connectivity index (χ0) is 16.7. The molecule has 1 saturated heterocycles. The van der Waals surface area contributed by atoms with Gasteiger partial charge in [-0.05, 0) is 12.0 Å². The summed E-state index contributed by atoms with van der Waals surface area (Å²) in [5.41, 5.74) is 0.794. The summed E-state index contributed by atoms with van der Waals surface area (Å²) in [5, 5.41) is 2.46. The number of hydrogen-bond acceptors (Lipinski definition) is 5. The van der Waals surface area contributed by atoms with E-state index in [0.717, 1.165) is 23.3 Å². The fourth-order valence-corrected chi connectivity index (χ4v) is 2.10. The monoisotopic (exact) mass is 320 g/mol. The summed E-state index contributed by atoms with van der Waals surface area (Å²) in [4.78, 5) is 36.7. The van der Waals surface area contributed by atoms with Gasteiger partial charge in [-0.15, -0.1) is 0 Å². The van der Waals surface area contributed by atoms with Crippen molar-refractivity contribution < 1.29 is 23.9 Å². The van der Waals surface area contributed by atoms with Crippen molar-refractivity contribution in [1.29, 1.82) is 0 Å². The molecule has 0 radical (unpaired) electrons. The average Bonchev–Trinajstić information content (AvgIpc) is 2.95. The van der Waals surface area contributed by atoms with Crippen molar-refractivity contribution in [2.75, 3.05) is 13.2 Å². The van der Waals surface area contributed by atoms with Crippen molar-refractivity contribution >= 4 is 18.1 Å².